The highest BCUT2D eigenvalue weighted by Gasteiger charge is 2.42. The molecule has 0 spiro atoms. The molecule has 1 aliphatic heterocycles. The minimum atomic E-state index is -3.30. The maximum atomic E-state index is 13.8. The first-order chi connectivity index (χ1) is 9.96. The molecular weight excluding hydrogens is 284 g/mol. The molecule has 21 heavy (non-hydrogen) atoms. The summed E-state index contributed by atoms with van der Waals surface area (Å²) in [5.74, 6) is -4.71. The Hall–Kier alpha value is -1.86. The predicted molar refractivity (Wildman–Crippen MR) is 69.5 cm³/mol. The summed E-state index contributed by atoms with van der Waals surface area (Å²) >= 11 is 0. The minimum absolute atomic E-state index is 0.0220. The Bertz CT molecular complexity index is 513. The number of nitrogens with zero attached hydrogens (tertiary/aromatic N) is 1. The van der Waals surface area contributed by atoms with Crippen molar-refractivity contribution in [2.24, 2.45) is 0 Å². The second-order valence-electron chi connectivity index (χ2n) is 4.64. The van der Waals surface area contributed by atoms with Gasteiger partial charge in [-0.25, -0.2) is 8.78 Å². The van der Waals surface area contributed by atoms with Crippen LogP contribution in [0.15, 0.2) is 24.3 Å². The lowest BCUT2D eigenvalue weighted by molar-refractivity contribution is -0.0914. The van der Waals surface area contributed by atoms with E-state index in [-0.39, 0.29) is 24.3 Å². The zero-order chi connectivity index (χ0) is 15.5. The number of hydrogen-bond donors (Lipinski definition) is 0. The van der Waals surface area contributed by atoms with E-state index in [1.807, 2.05) is 0 Å². The first-order valence-electron chi connectivity index (χ1n) is 6.36. The molecule has 7 heteroatoms. The van der Waals surface area contributed by atoms with Crippen LogP contribution in [0.1, 0.15) is 20.7 Å². The molecular formula is C14H15F2NO4. The molecule has 0 N–H and O–H groups in total. The number of methoxy groups -OCH3 is 1. The van der Waals surface area contributed by atoms with Gasteiger partial charge >= 0.3 is 0 Å². The third-order valence-electron chi connectivity index (χ3n) is 3.01. The van der Waals surface area contributed by atoms with Crippen molar-refractivity contribution in [3.8, 4) is 0 Å². The number of amides is 2. The average Bonchev–Trinajstić information content (AvgIpc) is 2.69. The molecule has 0 saturated carbocycles. The summed E-state index contributed by atoms with van der Waals surface area (Å²) < 4.78 is 37.0. The van der Waals surface area contributed by atoms with E-state index in [1.54, 1.807) is 12.1 Å². The van der Waals surface area contributed by atoms with Crippen LogP contribution in [0.5, 0.6) is 0 Å². The Morgan fingerprint density at radius 1 is 1.10 bits per heavy atom. The molecule has 0 fully saturated rings. The number of carbonyl (C=O) groups is 2. The molecule has 0 radical (unpaired) electrons. The highest BCUT2D eigenvalue weighted by Crippen LogP contribution is 2.26. The Labute approximate surface area is 120 Å². The summed E-state index contributed by atoms with van der Waals surface area (Å²) in [6.07, 6.45) is 0. The molecule has 0 aliphatic carbocycles. The van der Waals surface area contributed by atoms with Crippen molar-refractivity contribution in [3.63, 3.8) is 0 Å². The maximum absolute atomic E-state index is 13.8. The van der Waals surface area contributed by atoms with Gasteiger partial charge < -0.3 is 9.47 Å². The van der Waals surface area contributed by atoms with Gasteiger partial charge in [0.2, 0.25) is 0 Å². The van der Waals surface area contributed by atoms with Crippen molar-refractivity contribution in [1.29, 1.82) is 0 Å². The van der Waals surface area contributed by atoms with Crippen molar-refractivity contribution >= 4 is 11.8 Å². The molecule has 5 nitrogen and oxygen atoms in total. The number of carbonyl (C=O) groups excluding carboxylic acids is 2. The van der Waals surface area contributed by atoms with E-state index in [0.29, 0.717) is 4.90 Å². The normalized spacial score (nSPS) is 14.7. The number of halogens is 2. The van der Waals surface area contributed by atoms with Gasteiger partial charge in [-0.15, -0.1) is 0 Å². The van der Waals surface area contributed by atoms with Crippen LogP contribution in [0.2, 0.25) is 0 Å². The van der Waals surface area contributed by atoms with Crippen molar-refractivity contribution in [2.45, 2.75) is 5.92 Å². The number of fused-ring (bicyclic) bond motifs is 1. The minimum Gasteiger partial charge on any atom is -0.382 e. The lowest BCUT2D eigenvalue weighted by Crippen LogP contribution is -2.43. The van der Waals surface area contributed by atoms with Crippen LogP contribution in [0.25, 0.3) is 0 Å². The highest BCUT2D eigenvalue weighted by atomic mass is 19.3. The summed E-state index contributed by atoms with van der Waals surface area (Å²) in [5, 5.41) is 0. The third-order valence-corrected chi connectivity index (χ3v) is 3.01. The second kappa shape index (κ2) is 6.28. The average molecular weight is 299 g/mol. The molecule has 2 rings (SSSR count). The van der Waals surface area contributed by atoms with Crippen LogP contribution < -0.4 is 0 Å². The zero-order valence-corrected chi connectivity index (χ0v) is 11.5. The summed E-state index contributed by atoms with van der Waals surface area (Å²) in [4.78, 5) is 24.5. The summed E-state index contributed by atoms with van der Waals surface area (Å²) in [5.41, 5.74) is 0.303. The first-order valence-corrected chi connectivity index (χ1v) is 6.36. The SMILES string of the molecule is COCCOCC(F)(F)CN1C(=O)c2ccccc2C1=O. The fraction of sp³-hybridized carbons (Fsp3) is 0.429. The van der Waals surface area contributed by atoms with Crippen molar-refractivity contribution < 1.29 is 27.8 Å². The van der Waals surface area contributed by atoms with Gasteiger partial charge in [0.15, 0.2) is 0 Å². The number of imide groups is 1. The zero-order valence-electron chi connectivity index (χ0n) is 11.5. The largest absolute Gasteiger partial charge is 0.382 e. The lowest BCUT2D eigenvalue weighted by Gasteiger charge is -2.22. The van der Waals surface area contributed by atoms with Crippen LogP contribution >= 0.6 is 0 Å². The number of alkyl halides is 2. The smallest absolute Gasteiger partial charge is 0.288 e. The van der Waals surface area contributed by atoms with Crippen molar-refractivity contribution in [2.75, 3.05) is 33.5 Å². The van der Waals surface area contributed by atoms with Crippen LogP contribution in [0.4, 0.5) is 8.78 Å². The van der Waals surface area contributed by atoms with Gasteiger partial charge in [-0.3, -0.25) is 14.5 Å². The number of benzene rings is 1. The standard InChI is InChI=1S/C14H15F2NO4/c1-20-6-7-21-9-14(15,16)8-17-12(18)10-4-2-3-5-11(10)13(17)19/h2-5H,6-9H2,1H3. The monoisotopic (exact) mass is 299 g/mol. The molecule has 0 bridgehead atoms. The predicted octanol–water partition coefficient (Wildman–Crippen LogP) is 1.58. The van der Waals surface area contributed by atoms with E-state index < -0.39 is 30.9 Å². The second-order valence-corrected chi connectivity index (χ2v) is 4.64. The molecule has 2 amide bonds. The van der Waals surface area contributed by atoms with Crippen molar-refractivity contribution in [1.82, 2.24) is 4.90 Å². The van der Waals surface area contributed by atoms with Gasteiger partial charge in [0.05, 0.1) is 30.9 Å². The Morgan fingerprint density at radius 3 is 2.19 bits per heavy atom. The molecule has 0 atom stereocenters. The van der Waals surface area contributed by atoms with Crippen LogP contribution in [-0.2, 0) is 9.47 Å². The van der Waals surface area contributed by atoms with Crippen LogP contribution in [0.3, 0.4) is 0 Å². The number of hydrogen-bond acceptors (Lipinski definition) is 4. The lowest BCUT2D eigenvalue weighted by atomic mass is 10.1. The highest BCUT2D eigenvalue weighted by molar-refractivity contribution is 6.21. The number of ether oxygens (including phenoxy) is 2. The molecule has 0 aromatic heterocycles. The third kappa shape index (κ3) is 3.43. The number of rotatable bonds is 7. The first kappa shape index (κ1) is 15.5. The Balaban J connectivity index is 2.00. The van der Waals surface area contributed by atoms with E-state index in [2.05, 4.69) is 4.74 Å². The Morgan fingerprint density at radius 2 is 1.67 bits per heavy atom. The molecule has 1 aromatic rings. The van der Waals surface area contributed by atoms with Gasteiger partial charge in [-0.2, -0.15) is 0 Å². The van der Waals surface area contributed by atoms with Crippen molar-refractivity contribution in [3.05, 3.63) is 35.4 Å². The maximum Gasteiger partial charge on any atom is 0.288 e. The van der Waals surface area contributed by atoms with Crippen LogP contribution in [-0.4, -0.2) is 56.1 Å². The van der Waals surface area contributed by atoms with Crippen LogP contribution in [0, 0.1) is 0 Å². The quantitative estimate of drug-likeness (QED) is 0.566. The van der Waals surface area contributed by atoms with Gasteiger partial charge in [0, 0.05) is 7.11 Å². The van der Waals surface area contributed by atoms with E-state index in [0.717, 1.165) is 0 Å². The molecule has 0 saturated heterocycles. The van der Waals surface area contributed by atoms with E-state index in [1.165, 1.54) is 19.2 Å². The van der Waals surface area contributed by atoms with Gasteiger partial charge in [0.25, 0.3) is 17.7 Å². The molecule has 1 aromatic carbocycles. The topological polar surface area (TPSA) is 55.8 Å². The van der Waals surface area contributed by atoms with Gasteiger partial charge in [-0.1, -0.05) is 12.1 Å². The fourth-order valence-electron chi connectivity index (χ4n) is 2.02. The van der Waals surface area contributed by atoms with E-state index in [9.17, 15) is 18.4 Å². The van der Waals surface area contributed by atoms with Gasteiger partial charge in [0.1, 0.15) is 6.61 Å². The summed E-state index contributed by atoms with van der Waals surface area (Å²) in [7, 11) is 1.43. The molecule has 1 aliphatic rings. The summed E-state index contributed by atoms with van der Waals surface area (Å²) in [6, 6.07) is 6.06. The van der Waals surface area contributed by atoms with E-state index >= 15 is 0 Å². The molecule has 0 unspecified atom stereocenters. The Kier molecular flexibility index (Phi) is 4.64. The fourth-order valence-corrected chi connectivity index (χ4v) is 2.02. The molecule has 114 valence electrons. The molecule has 1 heterocycles. The van der Waals surface area contributed by atoms with E-state index in [4.69, 9.17) is 4.74 Å². The van der Waals surface area contributed by atoms with Gasteiger partial charge in [-0.05, 0) is 12.1 Å². The summed E-state index contributed by atoms with van der Waals surface area (Å²) in [6.45, 7) is -1.65.